The zero-order valence-electron chi connectivity index (χ0n) is 26.8. The Kier molecular flexibility index (Phi) is 12.4. The number of carbonyl (C=O) groups excluding carboxylic acids is 1. The summed E-state index contributed by atoms with van der Waals surface area (Å²) in [5, 5.41) is 10.8. The van der Waals surface area contributed by atoms with E-state index >= 15 is 0 Å². The van der Waals surface area contributed by atoms with Crippen LogP contribution in [0.3, 0.4) is 0 Å². The normalized spacial score (nSPS) is 12.3. The molecule has 0 bridgehead atoms. The van der Waals surface area contributed by atoms with E-state index in [0.29, 0.717) is 36.8 Å². The van der Waals surface area contributed by atoms with Gasteiger partial charge in [-0.1, -0.05) is 103 Å². The van der Waals surface area contributed by atoms with Gasteiger partial charge in [0.15, 0.2) is 0 Å². The zero-order valence-corrected chi connectivity index (χ0v) is 27.7. The van der Waals surface area contributed by atoms with Gasteiger partial charge in [0.25, 0.3) is 5.91 Å². The van der Waals surface area contributed by atoms with E-state index in [4.69, 9.17) is 9.36 Å². The van der Waals surface area contributed by atoms with E-state index < -0.39 is 13.8 Å². The molecule has 4 rings (SSSR count). The van der Waals surface area contributed by atoms with E-state index in [-0.39, 0.29) is 5.91 Å². The average molecular weight is 623 g/mol. The predicted molar refractivity (Wildman–Crippen MR) is 181 cm³/mol. The lowest BCUT2D eigenvalue weighted by molar-refractivity contribution is -0.0719. The van der Waals surface area contributed by atoms with Crippen molar-refractivity contribution >= 4 is 14.2 Å². The smallest absolute Gasteiger partial charge is 0.271 e. The number of hydrogen-bond acceptors (Lipinski definition) is 6. The third kappa shape index (κ3) is 7.86. The Hall–Kier alpha value is -3.89. The summed E-state index contributed by atoms with van der Waals surface area (Å²) in [5.74, 6) is -0.261. The van der Waals surface area contributed by atoms with Gasteiger partial charge in [0, 0.05) is 30.2 Å². The molecule has 8 heteroatoms. The fourth-order valence-corrected chi connectivity index (χ4v) is 7.92. The van der Waals surface area contributed by atoms with Gasteiger partial charge in [0.2, 0.25) is 0 Å². The summed E-state index contributed by atoms with van der Waals surface area (Å²) in [6, 6.07) is 40.3. The Labute approximate surface area is 269 Å². The molecule has 0 saturated carbocycles. The lowest BCUT2D eigenvalue weighted by Crippen LogP contribution is -2.57. The minimum atomic E-state index is -1.06. The van der Waals surface area contributed by atoms with Crippen LogP contribution < -0.4 is 5.59 Å². The highest BCUT2D eigenvalue weighted by molar-refractivity contribution is 7.50. The zero-order chi connectivity index (χ0) is 32.2. The van der Waals surface area contributed by atoms with Gasteiger partial charge in [-0.05, 0) is 62.1 Å². The molecule has 0 spiro atoms. The minimum absolute atomic E-state index is 0.261. The van der Waals surface area contributed by atoms with Crippen molar-refractivity contribution in [1.82, 2.24) is 15.3 Å². The number of nitriles is 1. The molecule has 1 N–H and O–H groups in total. The van der Waals surface area contributed by atoms with Gasteiger partial charge in [-0.3, -0.25) is 14.3 Å². The predicted octanol–water partition coefficient (Wildman–Crippen LogP) is 8.05. The molecule has 0 saturated heterocycles. The lowest BCUT2D eigenvalue weighted by Gasteiger charge is -2.44. The van der Waals surface area contributed by atoms with Gasteiger partial charge < -0.3 is 4.52 Å². The number of rotatable bonds is 15. The molecule has 1 amide bonds. The second kappa shape index (κ2) is 16.4. The molecule has 234 valence electrons. The van der Waals surface area contributed by atoms with Crippen LogP contribution in [-0.4, -0.2) is 40.9 Å². The Morgan fingerprint density at radius 2 is 1.27 bits per heavy atom. The topological polar surface area (TPSA) is 77.8 Å². The van der Waals surface area contributed by atoms with Crippen molar-refractivity contribution in [2.45, 2.75) is 58.3 Å². The summed E-state index contributed by atoms with van der Waals surface area (Å²) < 4.78 is 8.80. The van der Waals surface area contributed by atoms with E-state index in [2.05, 4.69) is 44.0 Å². The molecule has 4 aromatic rings. The lowest BCUT2D eigenvalue weighted by atomic mass is 9.76. The molecule has 4 aromatic carbocycles. The van der Waals surface area contributed by atoms with Crippen LogP contribution in [0.25, 0.3) is 0 Å². The molecule has 0 fully saturated rings. The first-order valence-electron chi connectivity index (χ1n) is 15.3. The summed E-state index contributed by atoms with van der Waals surface area (Å²) in [5.41, 5.74) is 6.04. The second-order valence-electron chi connectivity index (χ2n) is 11.3. The Balaban J connectivity index is 1.71. The van der Waals surface area contributed by atoms with E-state index in [1.165, 1.54) is 7.11 Å². The number of nitrogens with zero attached hydrogens (tertiary/aromatic N) is 3. The first-order chi connectivity index (χ1) is 21.8. The third-order valence-corrected chi connectivity index (χ3v) is 10.1. The van der Waals surface area contributed by atoms with Gasteiger partial charge >= 0.3 is 0 Å². The number of hydrogen-bond donors (Lipinski definition) is 1. The number of carbonyl (C=O) groups is 1. The maximum absolute atomic E-state index is 14.6. The van der Waals surface area contributed by atoms with Crippen LogP contribution in [0.4, 0.5) is 0 Å². The molecule has 0 aromatic heterocycles. The molecule has 0 aliphatic rings. The largest absolute Gasteiger partial charge is 0.339 e. The maximum atomic E-state index is 14.6. The number of nitrogens with one attached hydrogen (secondary N) is 1. The molecular weight excluding hydrogens is 579 g/mol. The van der Waals surface area contributed by atoms with Gasteiger partial charge in [-0.15, -0.1) is 5.59 Å². The van der Waals surface area contributed by atoms with Crippen LogP contribution in [-0.2, 0) is 21.5 Å². The van der Waals surface area contributed by atoms with Crippen LogP contribution in [0, 0.1) is 11.3 Å². The fourth-order valence-electron chi connectivity index (χ4n) is 5.80. The molecule has 7 nitrogen and oxygen atoms in total. The molecule has 0 aliphatic carbocycles. The third-order valence-electron chi connectivity index (χ3n) is 7.61. The molecule has 1 atom stereocenters. The quantitative estimate of drug-likeness (QED) is 0.0821. The van der Waals surface area contributed by atoms with Crippen molar-refractivity contribution in [2.75, 3.05) is 13.3 Å². The van der Waals surface area contributed by atoms with Gasteiger partial charge in [0.05, 0.1) is 19.8 Å². The summed E-state index contributed by atoms with van der Waals surface area (Å²) in [6.07, 6.45) is 1.14. The molecule has 0 aliphatic heterocycles. The SMILES string of the molecule is CONN(C(=O)c1ccc(COP(CCC#N)N(C(C)C)C(C)C)cc1)C(c1ccccc1)(c1ccccc1)c1ccccc1. The van der Waals surface area contributed by atoms with E-state index in [1.54, 1.807) is 5.01 Å². The minimum Gasteiger partial charge on any atom is -0.339 e. The van der Waals surface area contributed by atoms with E-state index in [9.17, 15) is 10.1 Å². The number of hydrazine groups is 1. The molecule has 1 unspecified atom stereocenters. The monoisotopic (exact) mass is 622 g/mol. The van der Waals surface area contributed by atoms with Crippen molar-refractivity contribution in [3.63, 3.8) is 0 Å². The molecule has 0 radical (unpaired) electrons. The number of benzene rings is 4. The maximum Gasteiger partial charge on any atom is 0.271 e. The second-order valence-corrected chi connectivity index (χ2v) is 13.1. The highest BCUT2D eigenvalue weighted by Gasteiger charge is 2.45. The highest BCUT2D eigenvalue weighted by Crippen LogP contribution is 2.46. The fraction of sp³-hybridized carbons (Fsp3) is 0.297. The van der Waals surface area contributed by atoms with Crippen LogP contribution in [0.1, 0.15) is 66.7 Å². The standard InChI is InChI=1S/C37H43N4O3P/c1-29(2)40(30(3)4)45(27-15-26-38)44-28-31-22-24-32(25-23-31)36(42)41(39-43-5)37(33-16-9-6-10-17-33,34-18-11-7-12-19-34)35-20-13-8-14-21-35/h6-14,16-25,29-30,39H,15,27-28H2,1-5H3. The van der Waals surface area contributed by atoms with Crippen molar-refractivity contribution < 1.29 is 14.2 Å². The Morgan fingerprint density at radius 1 is 0.800 bits per heavy atom. The molecule has 45 heavy (non-hydrogen) atoms. The van der Waals surface area contributed by atoms with Crippen molar-refractivity contribution in [2.24, 2.45) is 0 Å². The van der Waals surface area contributed by atoms with Gasteiger partial charge in [-0.2, -0.15) is 5.26 Å². The van der Waals surface area contributed by atoms with Crippen molar-refractivity contribution in [1.29, 1.82) is 5.26 Å². The molecular formula is C37H43N4O3P. The average Bonchev–Trinajstić information content (AvgIpc) is 3.07. The summed E-state index contributed by atoms with van der Waals surface area (Å²) >= 11 is 0. The van der Waals surface area contributed by atoms with Crippen LogP contribution in [0.5, 0.6) is 0 Å². The number of amides is 1. The summed E-state index contributed by atoms with van der Waals surface area (Å²) in [7, 11) is 0.557. The van der Waals surface area contributed by atoms with E-state index in [0.717, 1.165) is 22.3 Å². The molecule has 0 heterocycles. The van der Waals surface area contributed by atoms with Gasteiger partial charge in [0.1, 0.15) is 13.8 Å². The summed E-state index contributed by atoms with van der Waals surface area (Å²) in [6.45, 7) is 9.03. The van der Waals surface area contributed by atoms with Crippen molar-refractivity contribution in [3.8, 4) is 6.07 Å². The van der Waals surface area contributed by atoms with Crippen LogP contribution in [0.15, 0.2) is 115 Å². The van der Waals surface area contributed by atoms with Crippen molar-refractivity contribution in [3.05, 3.63) is 143 Å². The highest BCUT2D eigenvalue weighted by atomic mass is 31.2. The van der Waals surface area contributed by atoms with Crippen LogP contribution >= 0.6 is 8.30 Å². The first-order valence-corrected chi connectivity index (χ1v) is 16.7. The first kappa shape index (κ1) is 34.0. The Bertz CT molecular complexity index is 1410. The Morgan fingerprint density at radius 3 is 1.67 bits per heavy atom. The van der Waals surface area contributed by atoms with E-state index in [1.807, 2.05) is 115 Å². The summed E-state index contributed by atoms with van der Waals surface area (Å²) in [4.78, 5) is 20.1. The van der Waals surface area contributed by atoms with Crippen LogP contribution in [0.2, 0.25) is 0 Å². The van der Waals surface area contributed by atoms with Gasteiger partial charge in [-0.25, -0.2) is 5.01 Å².